The van der Waals surface area contributed by atoms with Gasteiger partial charge in [-0.2, -0.15) is 0 Å². The van der Waals surface area contributed by atoms with E-state index in [1.165, 1.54) is 6.08 Å². The number of hydrogen-bond acceptors (Lipinski definition) is 3. The van der Waals surface area contributed by atoms with Gasteiger partial charge in [0.2, 0.25) is 0 Å². The van der Waals surface area contributed by atoms with Crippen LogP contribution >= 0.6 is 0 Å². The Morgan fingerprint density at radius 3 is 2.83 bits per heavy atom. The molecule has 0 aliphatic rings. The topological polar surface area (TPSA) is 38.3 Å². The smallest absolute Gasteiger partial charge is 0.330 e. The van der Waals surface area contributed by atoms with Crippen molar-refractivity contribution in [3.63, 3.8) is 0 Å². The van der Waals surface area contributed by atoms with Crippen LogP contribution in [-0.2, 0) is 9.53 Å². The Bertz CT molecular complexity index is 155. The van der Waals surface area contributed by atoms with Gasteiger partial charge in [-0.25, -0.2) is 4.79 Å². The van der Waals surface area contributed by atoms with E-state index in [-0.39, 0.29) is 5.97 Å². The molecular weight excluding hydrogens is 154 g/mol. The molecule has 0 fully saturated rings. The van der Waals surface area contributed by atoms with Gasteiger partial charge < -0.3 is 10.1 Å². The quantitative estimate of drug-likeness (QED) is 0.497. The lowest BCUT2D eigenvalue weighted by Crippen LogP contribution is -2.19. The van der Waals surface area contributed by atoms with Crippen molar-refractivity contribution in [1.82, 2.24) is 5.32 Å². The van der Waals surface area contributed by atoms with Crippen molar-refractivity contribution in [2.24, 2.45) is 0 Å². The van der Waals surface area contributed by atoms with Gasteiger partial charge in [-0.15, -0.1) is 0 Å². The average Bonchev–Trinajstić information content (AvgIpc) is 2.04. The predicted octanol–water partition coefficient (Wildman–Crippen LogP) is 1.10. The van der Waals surface area contributed by atoms with Crippen LogP contribution in [0.3, 0.4) is 0 Å². The minimum absolute atomic E-state index is 0.263. The van der Waals surface area contributed by atoms with E-state index in [2.05, 4.69) is 12.2 Å². The van der Waals surface area contributed by atoms with Crippen LogP contribution in [0.25, 0.3) is 0 Å². The molecule has 0 aromatic heterocycles. The summed E-state index contributed by atoms with van der Waals surface area (Å²) >= 11 is 0. The van der Waals surface area contributed by atoms with E-state index in [4.69, 9.17) is 4.74 Å². The number of esters is 1. The average molecular weight is 171 g/mol. The lowest BCUT2D eigenvalue weighted by atomic mass is 10.2. The number of hydrogen-bond donors (Lipinski definition) is 1. The molecule has 0 unspecified atom stereocenters. The fourth-order valence-corrected chi connectivity index (χ4v) is 0.677. The third-order valence-corrected chi connectivity index (χ3v) is 1.52. The Balaban J connectivity index is 3.54. The minimum atomic E-state index is -0.263. The Morgan fingerprint density at radius 2 is 2.33 bits per heavy atom. The molecule has 0 bridgehead atoms. The van der Waals surface area contributed by atoms with Crippen LogP contribution < -0.4 is 5.32 Å². The van der Waals surface area contributed by atoms with Gasteiger partial charge in [0.15, 0.2) is 0 Å². The van der Waals surface area contributed by atoms with Crippen molar-refractivity contribution in [3.05, 3.63) is 12.2 Å². The molecule has 0 aromatic rings. The van der Waals surface area contributed by atoms with Gasteiger partial charge in [-0.3, -0.25) is 0 Å². The molecule has 3 nitrogen and oxygen atoms in total. The Hall–Kier alpha value is -0.830. The molecule has 70 valence electrons. The van der Waals surface area contributed by atoms with Crippen LogP contribution in [0.2, 0.25) is 0 Å². The fourth-order valence-electron chi connectivity index (χ4n) is 0.677. The first kappa shape index (κ1) is 11.2. The summed E-state index contributed by atoms with van der Waals surface area (Å²) < 4.78 is 4.71. The summed E-state index contributed by atoms with van der Waals surface area (Å²) in [5.41, 5.74) is 0. The lowest BCUT2D eigenvalue weighted by molar-refractivity contribution is -0.137. The van der Waals surface area contributed by atoms with Gasteiger partial charge in [-0.1, -0.05) is 6.08 Å². The zero-order valence-electron chi connectivity index (χ0n) is 7.96. The van der Waals surface area contributed by atoms with Crippen molar-refractivity contribution in [3.8, 4) is 0 Å². The summed E-state index contributed by atoms with van der Waals surface area (Å²) in [5, 5.41) is 3.07. The summed E-state index contributed by atoms with van der Waals surface area (Å²) in [6, 6.07) is 0.399. The van der Waals surface area contributed by atoms with E-state index in [9.17, 15) is 4.79 Å². The first-order chi connectivity index (χ1) is 5.70. The summed E-state index contributed by atoms with van der Waals surface area (Å²) in [4.78, 5) is 10.8. The van der Waals surface area contributed by atoms with Gasteiger partial charge in [0.05, 0.1) is 6.61 Å². The Morgan fingerprint density at radius 1 is 1.67 bits per heavy atom. The van der Waals surface area contributed by atoms with Crippen molar-refractivity contribution in [1.29, 1.82) is 0 Å². The SMILES string of the molecule is CCOC(=O)/C=C/C[C@@H](C)NC. The number of ether oxygens (including phenoxy) is 1. The standard InChI is InChI=1S/C9H17NO2/c1-4-12-9(11)7-5-6-8(2)10-3/h5,7-8,10H,4,6H2,1-3H3/b7-5+/t8-/m1/s1. The van der Waals surface area contributed by atoms with Gasteiger partial charge in [0.25, 0.3) is 0 Å². The largest absolute Gasteiger partial charge is 0.463 e. The van der Waals surface area contributed by atoms with Crippen LogP contribution in [0.5, 0.6) is 0 Å². The highest BCUT2D eigenvalue weighted by Gasteiger charge is 1.95. The number of carbonyl (C=O) groups is 1. The molecular formula is C9H17NO2. The van der Waals surface area contributed by atoms with Crippen molar-refractivity contribution >= 4 is 5.97 Å². The van der Waals surface area contributed by atoms with Gasteiger partial charge in [0, 0.05) is 12.1 Å². The van der Waals surface area contributed by atoms with E-state index >= 15 is 0 Å². The predicted molar refractivity (Wildman–Crippen MR) is 48.9 cm³/mol. The molecule has 12 heavy (non-hydrogen) atoms. The van der Waals surface area contributed by atoms with Crippen LogP contribution in [0, 0.1) is 0 Å². The molecule has 0 heterocycles. The first-order valence-corrected chi connectivity index (χ1v) is 4.21. The van der Waals surface area contributed by atoms with Crippen LogP contribution in [0.1, 0.15) is 20.3 Å². The van der Waals surface area contributed by atoms with E-state index in [0.717, 1.165) is 6.42 Å². The van der Waals surface area contributed by atoms with Gasteiger partial charge in [0.1, 0.15) is 0 Å². The third kappa shape index (κ3) is 5.92. The Kier molecular flexibility index (Phi) is 6.38. The highest BCUT2D eigenvalue weighted by Crippen LogP contribution is 1.91. The fraction of sp³-hybridized carbons (Fsp3) is 0.667. The molecule has 0 saturated carbocycles. The molecule has 0 aliphatic carbocycles. The molecule has 0 aromatic carbocycles. The number of rotatable bonds is 5. The zero-order chi connectivity index (χ0) is 9.40. The van der Waals surface area contributed by atoms with E-state index in [1.807, 2.05) is 13.1 Å². The highest BCUT2D eigenvalue weighted by atomic mass is 16.5. The molecule has 0 radical (unpaired) electrons. The van der Waals surface area contributed by atoms with Gasteiger partial charge in [-0.05, 0) is 27.3 Å². The normalized spacial score (nSPS) is 13.2. The second-order valence-electron chi connectivity index (χ2n) is 2.58. The van der Waals surface area contributed by atoms with E-state index in [0.29, 0.717) is 12.6 Å². The maximum Gasteiger partial charge on any atom is 0.330 e. The third-order valence-electron chi connectivity index (χ3n) is 1.52. The first-order valence-electron chi connectivity index (χ1n) is 4.21. The lowest BCUT2D eigenvalue weighted by Gasteiger charge is -2.04. The molecule has 1 N–H and O–H groups in total. The van der Waals surface area contributed by atoms with Crippen molar-refractivity contribution < 1.29 is 9.53 Å². The van der Waals surface area contributed by atoms with E-state index < -0.39 is 0 Å². The van der Waals surface area contributed by atoms with Gasteiger partial charge >= 0.3 is 5.97 Å². The summed E-state index contributed by atoms with van der Waals surface area (Å²) in [5.74, 6) is -0.263. The van der Waals surface area contributed by atoms with Crippen LogP contribution in [0.4, 0.5) is 0 Å². The molecule has 0 saturated heterocycles. The monoisotopic (exact) mass is 171 g/mol. The molecule has 0 spiro atoms. The molecule has 0 amide bonds. The zero-order valence-corrected chi connectivity index (χ0v) is 7.96. The number of carbonyl (C=O) groups excluding carboxylic acids is 1. The van der Waals surface area contributed by atoms with Crippen molar-refractivity contribution in [2.45, 2.75) is 26.3 Å². The second-order valence-corrected chi connectivity index (χ2v) is 2.58. The Labute approximate surface area is 73.8 Å². The summed E-state index contributed by atoms with van der Waals surface area (Å²) in [7, 11) is 1.89. The molecule has 1 atom stereocenters. The number of nitrogens with one attached hydrogen (secondary N) is 1. The highest BCUT2D eigenvalue weighted by molar-refractivity contribution is 5.81. The maximum atomic E-state index is 10.8. The molecule has 0 rings (SSSR count). The summed E-state index contributed by atoms with van der Waals surface area (Å²) in [6.45, 7) is 4.28. The second kappa shape index (κ2) is 6.85. The van der Waals surface area contributed by atoms with Crippen LogP contribution in [0.15, 0.2) is 12.2 Å². The van der Waals surface area contributed by atoms with E-state index in [1.54, 1.807) is 6.92 Å². The molecule has 0 aliphatic heterocycles. The minimum Gasteiger partial charge on any atom is -0.463 e. The summed E-state index contributed by atoms with van der Waals surface area (Å²) in [6.07, 6.45) is 4.13. The maximum absolute atomic E-state index is 10.8. The van der Waals surface area contributed by atoms with Crippen molar-refractivity contribution in [2.75, 3.05) is 13.7 Å². The molecule has 3 heteroatoms. The van der Waals surface area contributed by atoms with Crippen LogP contribution in [-0.4, -0.2) is 25.7 Å².